The van der Waals surface area contributed by atoms with Crippen molar-refractivity contribution in [3.05, 3.63) is 64.7 Å². The summed E-state index contributed by atoms with van der Waals surface area (Å²) in [6.45, 7) is 2.20. The van der Waals surface area contributed by atoms with Gasteiger partial charge in [-0.25, -0.2) is 0 Å². The minimum atomic E-state index is 0.473. The molecule has 20 heavy (non-hydrogen) atoms. The van der Waals surface area contributed by atoms with Crippen LogP contribution in [0.2, 0.25) is 5.02 Å². The molecule has 0 radical (unpaired) electrons. The third kappa shape index (κ3) is 2.78. The fourth-order valence-electron chi connectivity index (χ4n) is 2.17. The lowest BCUT2D eigenvalue weighted by Gasteiger charge is -2.12. The molecule has 0 unspecified atom stereocenters. The van der Waals surface area contributed by atoms with E-state index in [0.717, 1.165) is 30.1 Å². The molecule has 3 nitrogen and oxygen atoms in total. The van der Waals surface area contributed by atoms with Crippen LogP contribution in [0.25, 0.3) is 0 Å². The normalized spacial score (nSPS) is 13.8. The van der Waals surface area contributed by atoms with Crippen molar-refractivity contribution in [2.75, 3.05) is 13.1 Å². The average molecular weight is 287 g/mol. The minimum absolute atomic E-state index is 0.473. The number of halogens is 1. The van der Waals surface area contributed by atoms with E-state index >= 15 is 0 Å². The topological polar surface area (TPSA) is 33.6 Å². The maximum atomic E-state index is 6.10. The molecule has 0 saturated heterocycles. The summed E-state index contributed by atoms with van der Waals surface area (Å²) in [5, 5.41) is 3.92. The van der Waals surface area contributed by atoms with Gasteiger partial charge < -0.3 is 10.1 Å². The van der Waals surface area contributed by atoms with Gasteiger partial charge in [-0.3, -0.25) is 4.99 Å². The van der Waals surface area contributed by atoms with Gasteiger partial charge in [0.2, 0.25) is 0 Å². The summed E-state index contributed by atoms with van der Waals surface area (Å²) in [6.07, 6.45) is 0. The van der Waals surface area contributed by atoms with Crippen LogP contribution in [0, 0.1) is 0 Å². The highest BCUT2D eigenvalue weighted by Gasteiger charge is 2.12. The van der Waals surface area contributed by atoms with Gasteiger partial charge in [-0.05, 0) is 12.1 Å². The lowest BCUT2D eigenvalue weighted by Crippen LogP contribution is -2.21. The van der Waals surface area contributed by atoms with Gasteiger partial charge in [0.1, 0.15) is 18.2 Å². The van der Waals surface area contributed by atoms with E-state index in [1.54, 1.807) is 0 Å². The first-order valence-electron chi connectivity index (χ1n) is 6.58. The molecule has 0 aromatic heterocycles. The molecule has 0 amide bonds. The lowest BCUT2D eigenvalue weighted by atomic mass is 10.1. The van der Waals surface area contributed by atoms with Crippen molar-refractivity contribution in [1.82, 2.24) is 5.32 Å². The predicted octanol–water partition coefficient (Wildman–Crippen LogP) is 3.27. The highest BCUT2D eigenvalue weighted by molar-refractivity contribution is 6.32. The van der Waals surface area contributed by atoms with Crippen molar-refractivity contribution in [2.45, 2.75) is 6.61 Å². The Labute approximate surface area is 123 Å². The van der Waals surface area contributed by atoms with E-state index in [4.69, 9.17) is 16.3 Å². The molecule has 0 spiro atoms. The van der Waals surface area contributed by atoms with Crippen molar-refractivity contribution in [2.24, 2.45) is 4.99 Å². The smallest absolute Gasteiger partial charge is 0.138 e. The van der Waals surface area contributed by atoms with Crippen LogP contribution in [-0.2, 0) is 6.61 Å². The SMILES string of the molecule is Clc1ccccc1OCc1ccccc1C1=NCCN1. The van der Waals surface area contributed by atoms with Crippen LogP contribution in [0.4, 0.5) is 0 Å². The molecular formula is C16H15ClN2O. The number of amidine groups is 1. The summed E-state index contributed by atoms with van der Waals surface area (Å²) < 4.78 is 5.81. The monoisotopic (exact) mass is 286 g/mol. The van der Waals surface area contributed by atoms with E-state index in [-0.39, 0.29) is 0 Å². The van der Waals surface area contributed by atoms with E-state index in [1.165, 1.54) is 0 Å². The Bertz CT molecular complexity index is 640. The number of benzene rings is 2. The number of rotatable bonds is 4. The zero-order valence-corrected chi connectivity index (χ0v) is 11.7. The van der Waals surface area contributed by atoms with Crippen LogP contribution in [0.5, 0.6) is 5.75 Å². The standard InChI is InChI=1S/C16H15ClN2O/c17-14-7-3-4-8-15(14)20-11-12-5-1-2-6-13(12)16-18-9-10-19-16/h1-8H,9-11H2,(H,18,19). The average Bonchev–Trinajstić information content (AvgIpc) is 3.01. The molecule has 0 aliphatic carbocycles. The van der Waals surface area contributed by atoms with E-state index in [2.05, 4.69) is 22.4 Å². The van der Waals surface area contributed by atoms with Crippen molar-refractivity contribution >= 4 is 17.4 Å². The first-order chi connectivity index (χ1) is 9.84. The molecule has 2 aromatic rings. The molecule has 0 fully saturated rings. The molecule has 0 saturated carbocycles. The number of hydrogen-bond acceptors (Lipinski definition) is 3. The summed E-state index contributed by atoms with van der Waals surface area (Å²) in [5.41, 5.74) is 2.19. The van der Waals surface area contributed by atoms with Gasteiger partial charge in [0, 0.05) is 17.7 Å². The number of hydrogen-bond donors (Lipinski definition) is 1. The van der Waals surface area contributed by atoms with Crippen molar-refractivity contribution in [1.29, 1.82) is 0 Å². The zero-order valence-electron chi connectivity index (χ0n) is 11.0. The van der Waals surface area contributed by atoms with E-state index in [9.17, 15) is 0 Å². The van der Waals surface area contributed by atoms with Gasteiger partial charge in [0.05, 0.1) is 11.6 Å². The fourth-order valence-corrected chi connectivity index (χ4v) is 2.36. The first-order valence-corrected chi connectivity index (χ1v) is 6.96. The summed E-state index contributed by atoms with van der Waals surface area (Å²) >= 11 is 6.10. The van der Waals surface area contributed by atoms with Gasteiger partial charge in [-0.15, -0.1) is 0 Å². The van der Waals surface area contributed by atoms with Gasteiger partial charge in [0.25, 0.3) is 0 Å². The lowest BCUT2D eigenvalue weighted by molar-refractivity contribution is 0.306. The van der Waals surface area contributed by atoms with Crippen molar-refractivity contribution in [3.63, 3.8) is 0 Å². The third-order valence-corrected chi connectivity index (χ3v) is 3.48. The maximum Gasteiger partial charge on any atom is 0.138 e. The zero-order chi connectivity index (χ0) is 13.8. The van der Waals surface area contributed by atoms with Gasteiger partial charge >= 0.3 is 0 Å². The second-order valence-electron chi connectivity index (χ2n) is 4.53. The van der Waals surface area contributed by atoms with Crippen molar-refractivity contribution < 1.29 is 4.74 Å². The van der Waals surface area contributed by atoms with Gasteiger partial charge in [-0.1, -0.05) is 48.0 Å². The quantitative estimate of drug-likeness (QED) is 0.936. The molecule has 4 heteroatoms. The Morgan fingerprint density at radius 2 is 1.90 bits per heavy atom. The summed E-state index contributed by atoms with van der Waals surface area (Å²) in [4.78, 5) is 4.46. The molecule has 0 atom stereocenters. The Balaban J connectivity index is 1.79. The second kappa shape index (κ2) is 5.97. The first kappa shape index (κ1) is 13.0. The Hall–Kier alpha value is -2.00. The molecule has 1 aliphatic heterocycles. The summed E-state index contributed by atoms with van der Waals surface area (Å²) in [5.74, 6) is 1.65. The van der Waals surface area contributed by atoms with Crippen LogP contribution >= 0.6 is 11.6 Å². The third-order valence-electron chi connectivity index (χ3n) is 3.17. The summed E-state index contributed by atoms with van der Waals surface area (Å²) in [6, 6.07) is 15.6. The van der Waals surface area contributed by atoms with E-state index in [0.29, 0.717) is 17.4 Å². The minimum Gasteiger partial charge on any atom is -0.487 e. The van der Waals surface area contributed by atoms with Crippen LogP contribution in [-0.4, -0.2) is 18.9 Å². The number of para-hydroxylation sites is 1. The maximum absolute atomic E-state index is 6.10. The molecule has 1 N–H and O–H groups in total. The molecule has 3 rings (SSSR count). The van der Waals surface area contributed by atoms with Crippen LogP contribution in [0.1, 0.15) is 11.1 Å². The Morgan fingerprint density at radius 3 is 2.70 bits per heavy atom. The van der Waals surface area contributed by atoms with Gasteiger partial charge in [0.15, 0.2) is 0 Å². The second-order valence-corrected chi connectivity index (χ2v) is 4.94. The fraction of sp³-hybridized carbons (Fsp3) is 0.188. The Kier molecular flexibility index (Phi) is 3.88. The number of nitrogens with zero attached hydrogens (tertiary/aromatic N) is 1. The number of nitrogens with one attached hydrogen (secondary N) is 1. The van der Waals surface area contributed by atoms with E-state index < -0.39 is 0 Å². The Morgan fingerprint density at radius 1 is 1.10 bits per heavy atom. The molecule has 1 aliphatic rings. The largest absolute Gasteiger partial charge is 0.487 e. The molecular weight excluding hydrogens is 272 g/mol. The number of aliphatic imine (C=N–C) groups is 1. The van der Waals surface area contributed by atoms with Gasteiger partial charge in [-0.2, -0.15) is 0 Å². The van der Waals surface area contributed by atoms with Crippen LogP contribution in [0.15, 0.2) is 53.5 Å². The molecule has 102 valence electrons. The predicted molar refractivity (Wildman–Crippen MR) is 81.6 cm³/mol. The van der Waals surface area contributed by atoms with Crippen LogP contribution < -0.4 is 10.1 Å². The molecule has 2 aromatic carbocycles. The molecule has 0 bridgehead atoms. The highest BCUT2D eigenvalue weighted by Crippen LogP contribution is 2.24. The number of ether oxygens (including phenoxy) is 1. The van der Waals surface area contributed by atoms with E-state index in [1.807, 2.05) is 36.4 Å². The summed E-state index contributed by atoms with van der Waals surface area (Å²) in [7, 11) is 0. The highest BCUT2D eigenvalue weighted by atomic mass is 35.5. The van der Waals surface area contributed by atoms with Crippen LogP contribution in [0.3, 0.4) is 0 Å². The van der Waals surface area contributed by atoms with Crippen molar-refractivity contribution in [3.8, 4) is 5.75 Å². The molecule has 1 heterocycles.